The second-order valence-corrected chi connectivity index (χ2v) is 4.50. The van der Waals surface area contributed by atoms with E-state index >= 15 is 0 Å². The molecule has 0 aromatic heterocycles. The Morgan fingerprint density at radius 3 is 2.53 bits per heavy atom. The van der Waals surface area contributed by atoms with E-state index in [0.717, 1.165) is 6.54 Å². The molecule has 0 bridgehead atoms. The van der Waals surface area contributed by atoms with Crippen LogP contribution in [0.25, 0.3) is 5.57 Å². The standard InChI is InChI=1S/C15H21N.ClH/c1-2-3-11-16-12-9-15(10-13-16)14-7-5-4-6-8-14;/h4-9H,2-3,10-13H2,1H3;1H. The van der Waals surface area contributed by atoms with Crippen molar-refractivity contribution in [2.75, 3.05) is 19.6 Å². The van der Waals surface area contributed by atoms with E-state index in [0.29, 0.717) is 0 Å². The summed E-state index contributed by atoms with van der Waals surface area (Å²) < 4.78 is 0. The molecule has 0 N–H and O–H groups in total. The Morgan fingerprint density at radius 2 is 1.94 bits per heavy atom. The van der Waals surface area contributed by atoms with Gasteiger partial charge in [0.05, 0.1) is 0 Å². The van der Waals surface area contributed by atoms with Crippen molar-refractivity contribution < 1.29 is 0 Å². The van der Waals surface area contributed by atoms with Gasteiger partial charge >= 0.3 is 0 Å². The molecule has 0 saturated carbocycles. The highest BCUT2D eigenvalue weighted by molar-refractivity contribution is 5.85. The largest absolute Gasteiger partial charge is 0.299 e. The summed E-state index contributed by atoms with van der Waals surface area (Å²) in [6, 6.07) is 10.8. The molecule has 0 radical (unpaired) electrons. The Hall–Kier alpha value is -0.790. The van der Waals surface area contributed by atoms with Crippen LogP contribution in [-0.4, -0.2) is 24.5 Å². The zero-order chi connectivity index (χ0) is 11.2. The third-order valence-electron chi connectivity index (χ3n) is 3.27. The van der Waals surface area contributed by atoms with Gasteiger partial charge in [-0.05, 0) is 30.5 Å². The first kappa shape index (κ1) is 14.3. The zero-order valence-electron chi connectivity index (χ0n) is 10.6. The summed E-state index contributed by atoms with van der Waals surface area (Å²) in [5.74, 6) is 0. The lowest BCUT2D eigenvalue weighted by Gasteiger charge is -2.26. The quantitative estimate of drug-likeness (QED) is 0.782. The van der Waals surface area contributed by atoms with Gasteiger partial charge in [-0.3, -0.25) is 4.90 Å². The van der Waals surface area contributed by atoms with E-state index in [2.05, 4.69) is 48.2 Å². The minimum Gasteiger partial charge on any atom is -0.299 e. The fraction of sp³-hybridized carbons (Fsp3) is 0.467. The van der Waals surface area contributed by atoms with Crippen LogP contribution in [0.5, 0.6) is 0 Å². The lowest BCUT2D eigenvalue weighted by Crippen LogP contribution is -2.29. The minimum absolute atomic E-state index is 0. The lowest BCUT2D eigenvalue weighted by molar-refractivity contribution is 0.297. The second-order valence-electron chi connectivity index (χ2n) is 4.50. The van der Waals surface area contributed by atoms with Crippen molar-refractivity contribution in [1.82, 2.24) is 4.90 Å². The van der Waals surface area contributed by atoms with Crippen LogP contribution >= 0.6 is 12.4 Å². The van der Waals surface area contributed by atoms with Crippen molar-refractivity contribution in [2.24, 2.45) is 0 Å². The highest BCUT2D eigenvalue weighted by Gasteiger charge is 2.11. The smallest absolute Gasteiger partial charge is 0.0169 e. The first-order valence-electron chi connectivity index (χ1n) is 6.37. The predicted octanol–water partition coefficient (Wildman–Crippen LogP) is 4.00. The Bertz CT molecular complexity index is 345. The molecule has 0 unspecified atom stereocenters. The van der Waals surface area contributed by atoms with Gasteiger partial charge in [0.1, 0.15) is 0 Å². The third-order valence-corrected chi connectivity index (χ3v) is 3.27. The third kappa shape index (κ3) is 4.18. The van der Waals surface area contributed by atoms with Gasteiger partial charge in [0.2, 0.25) is 0 Å². The van der Waals surface area contributed by atoms with Crippen molar-refractivity contribution >= 4 is 18.0 Å². The summed E-state index contributed by atoms with van der Waals surface area (Å²) in [5.41, 5.74) is 2.92. The average molecular weight is 252 g/mol. The molecule has 0 atom stereocenters. The molecule has 1 aromatic carbocycles. The van der Waals surface area contributed by atoms with Crippen LogP contribution < -0.4 is 0 Å². The highest BCUT2D eigenvalue weighted by atomic mass is 35.5. The molecule has 1 heterocycles. The van der Waals surface area contributed by atoms with Crippen molar-refractivity contribution in [3.8, 4) is 0 Å². The molecular formula is C15H22ClN. The maximum atomic E-state index is 2.55. The van der Waals surface area contributed by atoms with Crippen molar-refractivity contribution in [2.45, 2.75) is 26.2 Å². The summed E-state index contributed by atoms with van der Waals surface area (Å²) in [6.45, 7) is 5.87. The summed E-state index contributed by atoms with van der Waals surface area (Å²) in [7, 11) is 0. The van der Waals surface area contributed by atoms with Gasteiger partial charge in [-0.2, -0.15) is 0 Å². The van der Waals surface area contributed by atoms with Crippen LogP contribution in [0.15, 0.2) is 36.4 Å². The summed E-state index contributed by atoms with van der Waals surface area (Å²) in [6.07, 6.45) is 6.22. The van der Waals surface area contributed by atoms with Crippen LogP contribution in [0, 0.1) is 0 Å². The molecule has 1 aliphatic rings. The van der Waals surface area contributed by atoms with Crippen molar-refractivity contribution in [3.63, 3.8) is 0 Å². The van der Waals surface area contributed by atoms with Crippen LogP contribution in [0.1, 0.15) is 31.7 Å². The molecule has 1 nitrogen and oxygen atoms in total. The molecule has 2 rings (SSSR count). The second kappa shape index (κ2) is 7.52. The van der Waals surface area contributed by atoms with Gasteiger partial charge in [-0.15, -0.1) is 12.4 Å². The topological polar surface area (TPSA) is 3.24 Å². The monoisotopic (exact) mass is 251 g/mol. The maximum Gasteiger partial charge on any atom is 0.0169 e. The zero-order valence-corrected chi connectivity index (χ0v) is 11.4. The number of hydrogen-bond acceptors (Lipinski definition) is 1. The van der Waals surface area contributed by atoms with E-state index in [4.69, 9.17) is 0 Å². The molecule has 0 fully saturated rings. The Kier molecular flexibility index (Phi) is 6.31. The van der Waals surface area contributed by atoms with Gasteiger partial charge in [0.15, 0.2) is 0 Å². The van der Waals surface area contributed by atoms with Gasteiger partial charge < -0.3 is 0 Å². The molecule has 0 aliphatic carbocycles. The Morgan fingerprint density at radius 1 is 1.18 bits per heavy atom. The van der Waals surface area contributed by atoms with Crippen LogP contribution in [-0.2, 0) is 0 Å². The van der Waals surface area contributed by atoms with Gasteiger partial charge in [0, 0.05) is 13.1 Å². The van der Waals surface area contributed by atoms with E-state index in [1.54, 1.807) is 0 Å². The molecule has 0 amide bonds. The molecule has 2 heteroatoms. The minimum atomic E-state index is 0. The SMILES string of the molecule is CCCCN1CC=C(c2ccccc2)CC1.Cl. The number of halogens is 1. The first-order valence-corrected chi connectivity index (χ1v) is 6.37. The highest BCUT2D eigenvalue weighted by Crippen LogP contribution is 2.21. The summed E-state index contributed by atoms with van der Waals surface area (Å²) in [4.78, 5) is 2.55. The molecule has 0 saturated heterocycles. The summed E-state index contributed by atoms with van der Waals surface area (Å²) >= 11 is 0. The molecule has 0 spiro atoms. The number of benzene rings is 1. The van der Waals surface area contributed by atoms with Crippen molar-refractivity contribution in [3.05, 3.63) is 42.0 Å². The Labute approximate surface area is 111 Å². The number of rotatable bonds is 4. The number of nitrogens with zero attached hydrogens (tertiary/aromatic N) is 1. The van der Waals surface area contributed by atoms with Crippen LogP contribution in [0.4, 0.5) is 0 Å². The number of unbranched alkanes of at least 4 members (excludes halogenated alkanes) is 1. The van der Waals surface area contributed by atoms with E-state index < -0.39 is 0 Å². The Balaban J connectivity index is 0.00000144. The van der Waals surface area contributed by atoms with Crippen LogP contribution in [0.3, 0.4) is 0 Å². The van der Waals surface area contributed by atoms with Crippen molar-refractivity contribution in [1.29, 1.82) is 0 Å². The average Bonchev–Trinajstić information content (AvgIpc) is 2.38. The van der Waals surface area contributed by atoms with Gasteiger partial charge in [0.25, 0.3) is 0 Å². The van der Waals surface area contributed by atoms with E-state index in [9.17, 15) is 0 Å². The van der Waals surface area contributed by atoms with Gasteiger partial charge in [-0.1, -0.05) is 49.8 Å². The fourth-order valence-electron chi connectivity index (χ4n) is 2.21. The first-order chi connectivity index (χ1) is 7.90. The number of hydrogen-bond donors (Lipinski definition) is 0. The van der Waals surface area contributed by atoms with E-state index in [1.807, 2.05) is 0 Å². The molecule has 1 aromatic rings. The maximum absolute atomic E-state index is 2.55. The lowest BCUT2D eigenvalue weighted by atomic mass is 9.99. The normalized spacial score (nSPS) is 16.2. The predicted molar refractivity (Wildman–Crippen MR) is 77.6 cm³/mol. The van der Waals surface area contributed by atoms with E-state index in [-0.39, 0.29) is 12.4 Å². The molecule has 1 aliphatic heterocycles. The summed E-state index contributed by atoms with van der Waals surface area (Å²) in [5, 5.41) is 0. The molecule has 94 valence electrons. The van der Waals surface area contributed by atoms with Crippen LogP contribution in [0.2, 0.25) is 0 Å². The van der Waals surface area contributed by atoms with Gasteiger partial charge in [-0.25, -0.2) is 0 Å². The molecular weight excluding hydrogens is 230 g/mol. The molecule has 17 heavy (non-hydrogen) atoms. The van der Waals surface area contributed by atoms with E-state index in [1.165, 1.54) is 43.5 Å². The fourth-order valence-corrected chi connectivity index (χ4v) is 2.21.